The van der Waals surface area contributed by atoms with Crippen LogP contribution < -0.4 is 5.73 Å². The van der Waals surface area contributed by atoms with Gasteiger partial charge >= 0.3 is 0 Å². The van der Waals surface area contributed by atoms with Gasteiger partial charge in [-0.3, -0.25) is 0 Å². The van der Waals surface area contributed by atoms with E-state index in [0.717, 1.165) is 24.8 Å². The number of aromatic nitrogens is 2. The minimum absolute atomic E-state index is 0.602. The van der Waals surface area contributed by atoms with Crippen molar-refractivity contribution in [1.29, 1.82) is 0 Å². The summed E-state index contributed by atoms with van der Waals surface area (Å²) in [5.41, 5.74) is 7.89. The smallest absolute Gasteiger partial charge is 0.247 e. The SMILES string of the molecule is CCCCCCCCCCc1ccc(-c2nnc(CCCN)o2)cc1. The van der Waals surface area contributed by atoms with Crippen LogP contribution in [0, 0.1) is 0 Å². The molecule has 0 atom stereocenters. The van der Waals surface area contributed by atoms with E-state index in [1.165, 1.54) is 56.9 Å². The van der Waals surface area contributed by atoms with Crippen molar-refractivity contribution in [3.05, 3.63) is 35.7 Å². The lowest BCUT2D eigenvalue weighted by Crippen LogP contribution is -2.00. The molecule has 4 heteroatoms. The molecule has 0 unspecified atom stereocenters. The van der Waals surface area contributed by atoms with Gasteiger partial charge in [0, 0.05) is 12.0 Å². The average molecular weight is 344 g/mol. The maximum Gasteiger partial charge on any atom is 0.247 e. The van der Waals surface area contributed by atoms with Crippen molar-refractivity contribution >= 4 is 0 Å². The molecule has 0 bridgehead atoms. The standard InChI is InChI=1S/C21H33N3O/c1-2-3-4-5-6-7-8-9-11-18-13-15-19(16-14-18)21-24-23-20(25-21)12-10-17-22/h13-16H,2-12,17,22H2,1H3. The molecule has 2 rings (SSSR count). The van der Waals surface area contributed by atoms with Crippen LogP contribution in [-0.2, 0) is 12.8 Å². The van der Waals surface area contributed by atoms with E-state index in [9.17, 15) is 0 Å². The second-order valence-corrected chi connectivity index (χ2v) is 6.81. The van der Waals surface area contributed by atoms with Crippen LogP contribution in [0.15, 0.2) is 28.7 Å². The van der Waals surface area contributed by atoms with Gasteiger partial charge in [-0.05, 0) is 43.5 Å². The van der Waals surface area contributed by atoms with Crippen LogP contribution in [0.4, 0.5) is 0 Å². The maximum atomic E-state index is 5.69. The summed E-state index contributed by atoms with van der Waals surface area (Å²) >= 11 is 0. The quantitative estimate of drug-likeness (QED) is 0.500. The van der Waals surface area contributed by atoms with Crippen LogP contribution in [-0.4, -0.2) is 16.7 Å². The summed E-state index contributed by atoms with van der Waals surface area (Å²) in [6.45, 7) is 2.91. The minimum atomic E-state index is 0.602. The highest BCUT2D eigenvalue weighted by Gasteiger charge is 2.08. The van der Waals surface area contributed by atoms with Gasteiger partial charge in [0.05, 0.1) is 0 Å². The van der Waals surface area contributed by atoms with Gasteiger partial charge in [0.25, 0.3) is 0 Å². The molecule has 138 valence electrons. The predicted molar refractivity (Wildman–Crippen MR) is 103 cm³/mol. The number of nitrogens with two attached hydrogens (primary N) is 1. The topological polar surface area (TPSA) is 64.9 Å². The van der Waals surface area contributed by atoms with Crippen molar-refractivity contribution in [3.63, 3.8) is 0 Å². The van der Waals surface area contributed by atoms with Gasteiger partial charge in [-0.1, -0.05) is 64.0 Å². The van der Waals surface area contributed by atoms with Crippen LogP contribution >= 0.6 is 0 Å². The van der Waals surface area contributed by atoms with Gasteiger partial charge in [0.2, 0.25) is 11.8 Å². The number of aryl methyl sites for hydroxylation is 2. The van der Waals surface area contributed by atoms with Gasteiger partial charge in [-0.25, -0.2) is 0 Å². The van der Waals surface area contributed by atoms with Gasteiger partial charge in [0.1, 0.15) is 0 Å². The molecule has 0 fully saturated rings. The van der Waals surface area contributed by atoms with Crippen molar-refractivity contribution in [2.75, 3.05) is 6.54 Å². The van der Waals surface area contributed by atoms with Gasteiger partial charge in [0.15, 0.2) is 0 Å². The fourth-order valence-electron chi connectivity index (χ4n) is 3.00. The Balaban J connectivity index is 1.68. The molecule has 0 saturated carbocycles. The fourth-order valence-corrected chi connectivity index (χ4v) is 3.00. The Kier molecular flexibility index (Phi) is 9.27. The molecule has 0 radical (unpaired) electrons. The highest BCUT2D eigenvalue weighted by molar-refractivity contribution is 5.52. The molecule has 2 aromatic rings. The minimum Gasteiger partial charge on any atom is -0.421 e. The van der Waals surface area contributed by atoms with E-state index in [2.05, 4.69) is 41.4 Å². The van der Waals surface area contributed by atoms with Crippen LogP contribution in [0.2, 0.25) is 0 Å². The van der Waals surface area contributed by atoms with E-state index in [4.69, 9.17) is 10.2 Å². The van der Waals surface area contributed by atoms with Crippen molar-refractivity contribution in [2.24, 2.45) is 5.73 Å². The zero-order valence-corrected chi connectivity index (χ0v) is 15.7. The summed E-state index contributed by atoms with van der Waals surface area (Å²) in [5.74, 6) is 1.27. The summed E-state index contributed by atoms with van der Waals surface area (Å²) in [6, 6.07) is 8.53. The van der Waals surface area contributed by atoms with E-state index in [1.54, 1.807) is 0 Å². The average Bonchev–Trinajstić information content (AvgIpc) is 3.11. The number of hydrogen-bond donors (Lipinski definition) is 1. The first kappa shape index (κ1) is 19.6. The Hall–Kier alpha value is -1.68. The molecule has 1 aromatic carbocycles. The zero-order valence-electron chi connectivity index (χ0n) is 15.7. The van der Waals surface area contributed by atoms with Crippen LogP contribution in [0.5, 0.6) is 0 Å². The number of benzene rings is 1. The molecular formula is C21H33N3O. The molecule has 2 N–H and O–H groups in total. The first-order valence-corrected chi connectivity index (χ1v) is 9.95. The molecule has 25 heavy (non-hydrogen) atoms. The molecule has 1 heterocycles. The highest BCUT2D eigenvalue weighted by Crippen LogP contribution is 2.20. The van der Waals surface area contributed by atoms with Gasteiger partial charge in [-0.2, -0.15) is 0 Å². The van der Waals surface area contributed by atoms with Gasteiger partial charge < -0.3 is 10.2 Å². The summed E-state index contributed by atoms with van der Waals surface area (Å²) < 4.78 is 5.69. The molecule has 0 spiro atoms. The second kappa shape index (κ2) is 11.8. The second-order valence-electron chi connectivity index (χ2n) is 6.81. The van der Waals surface area contributed by atoms with E-state index < -0.39 is 0 Å². The fraction of sp³-hybridized carbons (Fsp3) is 0.619. The van der Waals surface area contributed by atoms with Crippen molar-refractivity contribution in [3.8, 4) is 11.5 Å². The lowest BCUT2D eigenvalue weighted by atomic mass is 10.0. The summed E-state index contributed by atoms with van der Waals surface area (Å²) in [5, 5.41) is 8.21. The Morgan fingerprint density at radius 1 is 0.800 bits per heavy atom. The molecule has 0 aliphatic heterocycles. The molecule has 0 aliphatic rings. The number of unbranched alkanes of at least 4 members (excludes halogenated alkanes) is 7. The lowest BCUT2D eigenvalue weighted by molar-refractivity contribution is 0.499. The van der Waals surface area contributed by atoms with Crippen molar-refractivity contribution < 1.29 is 4.42 Å². The van der Waals surface area contributed by atoms with E-state index in [1.807, 2.05) is 0 Å². The Morgan fingerprint density at radius 3 is 2.16 bits per heavy atom. The molecular weight excluding hydrogens is 310 g/mol. The summed E-state index contributed by atoms with van der Waals surface area (Å²) in [7, 11) is 0. The Bertz CT molecular complexity index is 577. The lowest BCUT2D eigenvalue weighted by Gasteiger charge is -2.03. The first-order chi connectivity index (χ1) is 12.3. The first-order valence-electron chi connectivity index (χ1n) is 9.95. The predicted octanol–water partition coefficient (Wildman–Crippen LogP) is 5.31. The van der Waals surface area contributed by atoms with Crippen LogP contribution in [0.1, 0.15) is 76.2 Å². The van der Waals surface area contributed by atoms with Gasteiger partial charge in [-0.15, -0.1) is 10.2 Å². The molecule has 0 amide bonds. The summed E-state index contributed by atoms with van der Waals surface area (Å²) in [6.07, 6.45) is 13.7. The third kappa shape index (κ3) is 7.39. The van der Waals surface area contributed by atoms with E-state index >= 15 is 0 Å². The summed E-state index contributed by atoms with van der Waals surface area (Å²) in [4.78, 5) is 0. The number of hydrogen-bond acceptors (Lipinski definition) is 4. The van der Waals surface area contributed by atoms with E-state index in [0.29, 0.717) is 18.3 Å². The maximum absolute atomic E-state index is 5.69. The monoisotopic (exact) mass is 343 g/mol. The van der Waals surface area contributed by atoms with Crippen LogP contribution in [0.3, 0.4) is 0 Å². The van der Waals surface area contributed by atoms with E-state index in [-0.39, 0.29) is 0 Å². The molecule has 0 saturated heterocycles. The Labute approximate surface area is 152 Å². The normalized spacial score (nSPS) is 11.1. The van der Waals surface area contributed by atoms with Crippen molar-refractivity contribution in [1.82, 2.24) is 10.2 Å². The molecule has 1 aromatic heterocycles. The highest BCUT2D eigenvalue weighted by atomic mass is 16.4. The zero-order chi connectivity index (χ0) is 17.7. The Morgan fingerprint density at radius 2 is 1.48 bits per heavy atom. The van der Waals surface area contributed by atoms with Crippen LogP contribution in [0.25, 0.3) is 11.5 Å². The number of nitrogens with zero attached hydrogens (tertiary/aromatic N) is 2. The molecule has 4 nitrogen and oxygen atoms in total. The number of rotatable bonds is 13. The largest absolute Gasteiger partial charge is 0.421 e. The third-order valence-electron chi connectivity index (χ3n) is 4.58. The van der Waals surface area contributed by atoms with Crippen molar-refractivity contribution in [2.45, 2.75) is 77.6 Å². The third-order valence-corrected chi connectivity index (χ3v) is 4.58. The molecule has 0 aliphatic carbocycles.